The van der Waals surface area contributed by atoms with Crippen LogP contribution in [-0.2, 0) is 11.3 Å². The Morgan fingerprint density at radius 2 is 2.33 bits per heavy atom. The van der Waals surface area contributed by atoms with Crippen molar-refractivity contribution in [2.45, 2.75) is 26.1 Å². The van der Waals surface area contributed by atoms with E-state index in [1.165, 1.54) is 24.1 Å². The zero-order valence-electron chi connectivity index (χ0n) is 9.57. The van der Waals surface area contributed by atoms with E-state index in [0.29, 0.717) is 6.10 Å². The van der Waals surface area contributed by atoms with Crippen molar-refractivity contribution in [3.8, 4) is 0 Å². The predicted octanol–water partition coefficient (Wildman–Crippen LogP) is 2.22. The normalized spacial score (nSPS) is 22.1. The highest BCUT2D eigenvalue weighted by atomic mass is 16.5. The minimum Gasteiger partial charge on any atom is -0.372 e. The lowest BCUT2D eigenvalue weighted by molar-refractivity contribution is 0.0483. The van der Waals surface area contributed by atoms with Crippen LogP contribution in [0, 0.1) is 6.92 Å². The van der Waals surface area contributed by atoms with E-state index >= 15 is 0 Å². The van der Waals surface area contributed by atoms with Gasteiger partial charge in [0.05, 0.1) is 12.7 Å². The molecule has 0 bridgehead atoms. The summed E-state index contributed by atoms with van der Waals surface area (Å²) < 4.78 is 5.87. The zero-order valence-corrected chi connectivity index (χ0v) is 9.57. The van der Waals surface area contributed by atoms with Gasteiger partial charge in [-0.25, -0.2) is 0 Å². The van der Waals surface area contributed by atoms with Crippen molar-refractivity contribution in [1.29, 1.82) is 0 Å². The Labute approximate surface area is 91.9 Å². The molecule has 2 heteroatoms. The number of rotatable bonds is 3. The first-order valence-electron chi connectivity index (χ1n) is 5.60. The van der Waals surface area contributed by atoms with E-state index in [9.17, 15) is 0 Å². The molecule has 1 aliphatic rings. The van der Waals surface area contributed by atoms with Crippen molar-refractivity contribution >= 4 is 0 Å². The van der Waals surface area contributed by atoms with Gasteiger partial charge in [0.2, 0.25) is 0 Å². The van der Waals surface area contributed by atoms with Crippen LogP contribution >= 0.6 is 0 Å². The molecule has 0 amide bonds. The summed E-state index contributed by atoms with van der Waals surface area (Å²) in [5, 5.41) is 0. The second-order valence-electron chi connectivity index (χ2n) is 4.47. The Hall–Kier alpha value is -0.860. The Kier molecular flexibility index (Phi) is 3.39. The Bertz CT molecular complexity index is 324. The summed E-state index contributed by atoms with van der Waals surface area (Å²) in [6.07, 6.45) is 1.60. The molecule has 1 saturated heterocycles. The highest BCUT2D eigenvalue weighted by molar-refractivity contribution is 5.21. The van der Waals surface area contributed by atoms with E-state index < -0.39 is 0 Å². The second-order valence-corrected chi connectivity index (χ2v) is 4.47. The number of likely N-dealkylation sites (tertiary alicyclic amines) is 1. The van der Waals surface area contributed by atoms with Crippen LogP contribution < -0.4 is 0 Å². The summed E-state index contributed by atoms with van der Waals surface area (Å²) in [5.41, 5.74) is 2.59. The van der Waals surface area contributed by atoms with Crippen LogP contribution in [0.2, 0.25) is 0 Å². The minimum absolute atomic E-state index is 0.426. The van der Waals surface area contributed by atoms with Crippen LogP contribution in [0.4, 0.5) is 0 Å². The molecule has 2 nitrogen and oxygen atoms in total. The first-order valence-corrected chi connectivity index (χ1v) is 5.60. The molecule has 1 heterocycles. The van der Waals surface area contributed by atoms with Gasteiger partial charge in [-0.05, 0) is 26.0 Å². The number of ether oxygens (including phenoxy) is 1. The van der Waals surface area contributed by atoms with Crippen molar-refractivity contribution < 1.29 is 4.74 Å². The van der Waals surface area contributed by atoms with Crippen LogP contribution in [0.15, 0.2) is 24.3 Å². The predicted molar refractivity (Wildman–Crippen MR) is 61.9 cm³/mol. The molecule has 1 atom stereocenters. The van der Waals surface area contributed by atoms with Gasteiger partial charge in [0.15, 0.2) is 0 Å². The fourth-order valence-corrected chi connectivity index (χ4v) is 2.05. The summed E-state index contributed by atoms with van der Waals surface area (Å²) >= 11 is 0. The minimum atomic E-state index is 0.426. The summed E-state index contributed by atoms with van der Waals surface area (Å²) in [5.74, 6) is 0. The molecule has 0 N–H and O–H groups in total. The van der Waals surface area contributed by atoms with E-state index in [-0.39, 0.29) is 0 Å². The second kappa shape index (κ2) is 4.77. The van der Waals surface area contributed by atoms with Crippen molar-refractivity contribution in [3.63, 3.8) is 0 Å². The van der Waals surface area contributed by atoms with E-state index in [0.717, 1.165) is 13.2 Å². The highest BCUT2D eigenvalue weighted by Gasteiger charge is 2.19. The lowest BCUT2D eigenvalue weighted by Crippen LogP contribution is -2.18. The van der Waals surface area contributed by atoms with Crippen LogP contribution in [-0.4, -0.2) is 31.1 Å². The molecule has 0 aliphatic carbocycles. The maximum Gasteiger partial charge on any atom is 0.0721 e. The maximum atomic E-state index is 5.87. The van der Waals surface area contributed by atoms with Gasteiger partial charge in [-0.2, -0.15) is 0 Å². The number of aryl methyl sites for hydroxylation is 1. The lowest BCUT2D eigenvalue weighted by atomic mass is 10.1. The molecule has 1 unspecified atom stereocenters. The van der Waals surface area contributed by atoms with Crippen LogP contribution in [0.5, 0.6) is 0 Å². The Morgan fingerprint density at radius 1 is 1.47 bits per heavy atom. The number of likely N-dealkylation sites (N-methyl/N-ethyl adjacent to an activating group) is 1. The summed E-state index contributed by atoms with van der Waals surface area (Å²) in [7, 11) is 2.15. The largest absolute Gasteiger partial charge is 0.372 e. The molecular formula is C13H19NO. The smallest absolute Gasteiger partial charge is 0.0721 e. The molecule has 2 rings (SSSR count). The van der Waals surface area contributed by atoms with Crippen molar-refractivity contribution in [2.75, 3.05) is 20.1 Å². The SMILES string of the molecule is Cc1cccc(COC2CCN(C)C2)c1. The molecule has 15 heavy (non-hydrogen) atoms. The van der Waals surface area contributed by atoms with Crippen LogP contribution in [0.3, 0.4) is 0 Å². The van der Waals surface area contributed by atoms with Gasteiger partial charge in [0.25, 0.3) is 0 Å². The third-order valence-corrected chi connectivity index (χ3v) is 2.92. The van der Waals surface area contributed by atoms with Gasteiger partial charge in [0, 0.05) is 13.1 Å². The van der Waals surface area contributed by atoms with E-state index in [1.54, 1.807) is 0 Å². The topological polar surface area (TPSA) is 12.5 Å². The van der Waals surface area contributed by atoms with Gasteiger partial charge in [-0.3, -0.25) is 0 Å². The fraction of sp³-hybridized carbons (Fsp3) is 0.538. The first-order chi connectivity index (χ1) is 7.24. The van der Waals surface area contributed by atoms with Gasteiger partial charge >= 0.3 is 0 Å². The van der Waals surface area contributed by atoms with E-state index in [4.69, 9.17) is 4.74 Å². The number of hydrogen-bond acceptors (Lipinski definition) is 2. The van der Waals surface area contributed by atoms with Crippen molar-refractivity contribution in [2.24, 2.45) is 0 Å². The third-order valence-electron chi connectivity index (χ3n) is 2.92. The lowest BCUT2D eigenvalue weighted by Gasteiger charge is -2.12. The van der Waals surface area contributed by atoms with Gasteiger partial charge in [0.1, 0.15) is 0 Å². The Balaban J connectivity index is 1.83. The number of nitrogens with zero attached hydrogens (tertiary/aromatic N) is 1. The molecular weight excluding hydrogens is 186 g/mol. The van der Waals surface area contributed by atoms with Crippen molar-refractivity contribution in [1.82, 2.24) is 4.90 Å². The molecule has 1 aromatic rings. The standard InChI is InChI=1S/C13H19NO/c1-11-4-3-5-12(8-11)10-15-13-6-7-14(2)9-13/h3-5,8,13H,6-7,9-10H2,1-2H3. The van der Waals surface area contributed by atoms with Crippen LogP contribution in [0.1, 0.15) is 17.5 Å². The number of hydrogen-bond donors (Lipinski definition) is 0. The molecule has 0 saturated carbocycles. The Morgan fingerprint density at radius 3 is 3.00 bits per heavy atom. The molecule has 1 fully saturated rings. The molecule has 1 aliphatic heterocycles. The highest BCUT2D eigenvalue weighted by Crippen LogP contribution is 2.13. The third kappa shape index (κ3) is 3.05. The van der Waals surface area contributed by atoms with Gasteiger partial charge in [-0.15, -0.1) is 0 Å². The number of benzene rings is 1. The summed E-state index contributed by atoms with van der Waals surface area (Å²) in [6.45, 7) is 5.11. The molecule has 1 aromatic carbocycles. The molecule has 0 aromatic heterocycles. The van der Waals surface area contributed by atoms with Crippen LogP contribution in [0.25, 0.3) is 0 Å². The van der Waals surface area contributed by atoms with Crippen molar-refractivity contribution in [3.05, 3.63) is 35.4 Å². The monoisotopic (exact) mass is 205 g/mol. The van der Waals surface area contributed by atoms with Gasteiger partial charge in [-0.1, -0.05) is 29.8 Å². The summed E-state index contributed by atoms with van der Waals surface area (Å²) in [6, 6.07) is 8.53. The molecule has 0 radical (unpaired) electrons. The fourth-order valence-electron chi connectivity index (χ4n) is 2.05. The van der Waals surface area contributed by atoms with E-state index in [2.05, 4.69) is 43.1 Å². The molecule has 82 valence electrons. The maximum absolute atomic E-state index is 5.87. The van der Waals surface area contributed by atoms with E-state index in [1.807, 2.05) is 0 Å². The first kappa shape index (κ1) is 10.7. The van der Waals surface area contributed by atoms with Gasteiger partial charge < -0.3 is 9.64 Å². The zero-order chi connectivity index (χ0) is 10.7. The summed E-state index contributed by atoms with van der Waals surface area (Å²) in [4.78, 5) is 2.32. The average Bonchev–Trinajstić information content (AvgIpc) is 2.62. The molecule has 0 spiro atoms. The average molecular weight is 205 g/mol. The quantitative estimate of drug-likeness (QED) is 0.750.